The summed E-state index contributed by atoms with van der Waals surface area (Å²) in [7, 11) is 0. The van der Waals surface area contributed by atoms with Crippen molar-refractivity contribution in [3.05, 3.63) is 59.7 Å². The molecule has 2 atom stereocenters. The van der Waals surface area contributed by atoms with Gasteiger partial charge in [0.2, 0.25) is 5.91 Å². The average molecular weight is 479 g/mol. The number of hydrogen-bond donors (Lipinski definition) is 3. The first-order chi connectivity index (χ1) is 17.0. The Bertz CT molecular complexity index is 1010. The summed E-state index contributed by atoms with van der Waals surface area (Å²) in [5.74, 6) is -0.814. The second kappa shape index (κ2) is 11.9. The molecule has 2 aliphatic rings. The van der Waals surface area contributed by atoms with Crippen molar-refractivity contribution in [3.8, 4) is 11.1 Å². The average Bonchev–Trinajstić information content (AvgIpc) is 3.17. The number of nitrogens with one attached hydrogen (secondary N) is 2. The lowest BCUT2D eigenvalue weighted by Gasteiger charge is -2.31. The molecule has 2 aromatic carbocycles. The first-order valence-electron chi connectivity index (χ1n) is 12.6. The van der Waals surface area contributed by atoms with E-state index in [9.17, 15) is 14.4 Å². The van der Waals surface area contributed by atoms with Crippen molar-refractivity contribution in [2.45, 2.75) is 63.3 Å². The molecule has 0 aromatic heterocycles. The minimum Gasteiger partial charge on any atom is -0.481 e. The zero-order valence-corrected chi connectivity index (χ0v) is 20.0. The second-order valence-electron chi connectivity index (χ2n) is 9.53. The molecule has 0 radical (unpaired) electrons. The molecular weight excluding hydrogens is 444 g/mol. The molecule has 3 N–H and O–H groups in total. The monoisotopic (exact) mass is 478 g/mol. The summed E-state index contributed by atoms with van der Waals surface area (Å²) in [5.41, 5.74) is 4.74. The first kappa shape index (κ1) is 24.8. The zero-order valence-electron chi connectivity index (χ0n) is 20.0. The minimum absolute atomic E-state index is 0.0143. The van der Waals surface area contributed by atoms with Gasteiger partial charge in [-0.1, -0.05) is 61.4 Å². The second-order valence-corrected chi connectivity index (χ2v) is 9.53. The van der Waals surface area contributed by atoms with Gasteiger partial charge in [0, 0.05) is 24.9 Å². The number of ether oxygens (including phenoxy) is 1. The molecule has 2 amide bonds. The molecule has 7 nitrogen and oxygen atoms in total. The van der Waals surface area contributed by atoms with E-state index in [2.05, 4.69) is 34.9 Å². The maximum atomic E-state index is 12.3. The number of carboxylic acid groups (broad SMARTS) is 1. The third kappa shape index (κ3) is 6.41. The summed E-state index contributed by atoms with van der Waals surface area (Å²) in [6, 6.07) is 16.4. The normalized spacial score (nSPS) is 18.9. The Morgan fingerprint density at radius 1 is 0.914 bits per heavy atom. The van der Waals surface area contributed by atoms with Crippen molar-refractivity contribution >= 4 is 18.0 Å². The maximum Gasteiger partial charge on any atom is 0.407 e. The van der Waals surface area contributed by atoms with E-state index in [1.54, 1.807) is 0 Å². The van der Waals surface area contributed by atoms with Crippen LogP contribution in [0.1, 0.15) is 68.4 Å². The zero-order chi connectivity index (χ0) is 24.6. The lowest BCUT2D eigenvalue weighted by molar-refractivity contribution is -0.139. The quantitative estimate of drug-likeness (QED) is 0.424. The van der Waals surface area contributed by atoms with E-state index in [4.69, 9.17) is 9.84 Å². The lowest BCUT2D eigenvalue weighted by Crippen LogP contribution is -2.42. The van der Waals surface area contributed by atoms with Crippen LogP contribution in [0.3, 0.4) is 0 Å². The summed E-state index contributed by atoms with van der Waals surface area (Å²) in [6.07, 6.45) is 5.06. The highest BCUT2D eigenvalue weighted by Gasteiger charge is 2.29. The van der Waals surface area contributed by atoms with Crippen molar-refractivity contribution in [3.63, 3.8) is 0 Å². The molecule has 186 valence electrons. The third-order valence-electron chi connectivity index (χ3n) is 7.14. The Balaban J connectivity index is 1.14. The summed E-state index contributed by atoms with van der Waals surface area (Å²) < 4.78 is 5.53. The molecule has 7 heteroatoms. The number of unbranched alkanes of at least 4 members (excludes halogenated alkanes) is 1. The molecule has 0 saturated heterocycles. The Morgan fingerprint density at radius 2 is 1.57 bits per heavy atom. The Hall–Kier alpha value is -3.35. The molecule has 2 unspecified atom stereocenters. The van der Waals surface area contributed by atoms with Crippen LogP contribution in [0.2, 0.25) is 0 Å². The first-order valence-corrected chi connectivity index (χ1v) is 12.6. The number of hydrogen-bond acceptors (Lipinski definition) is 4. The molecule has 0 aliphatic heterocycles. The Morgan fingerprint density at radius 3 is 2.26 bits per heavy atom. The fourth-order valence-electron chi connectivity index (χ4n) is 5.40. The van der Waals surface area contributed by atoms with E-state index in [1.165, 1.54) is 22.3 Å². The van der Waals surface area contributed by atoms with Crippen LogP contribution in [-0.2, 0) is 14.3 Å². The van der Waals surface area contributed by atoms with Gasteiger partial charge in [-0.15, -0.1) is 0 Å². The van der Waals surface area contributed by atoms with E-state index in [0.29, 0.717) is 25.8 Å². The highest BCUT2D eigenvalue weighted by molar-refractivity contribution is 5.79. The molecule has 1 fully saturated rings. The molecule has 35 heavy (non-hydrogen) atoms. The van der Waals surface area contributed by atoms with Crippen molar-refractivity contribution < 1.29 is 24.2 Å². The van der Waals surface area contributed by atoms with Crippen LogP contribution >= 0.6 is 0 Å². The van der Waals surface area contributed by atoms with Crippen LogP contribution in [0.5, 0.6) is 0 Å². The standard InChI is InChI=1S/C28H34N2O5/c31-26(30-25-14-6-1-9-19(25)17-27(32)33)15-7-8-16-29-28(34)35-18-24-22-12-4-2-10-20(22)21-11-3-5-13-23(21)24/h2-5,10-13,19,24-25H,1,6-9,14-18H2,(H,29,34)(H,30,31)(H,32,33). The summed E-state index contributed by atoms with van der Waals surface area (Å²) >= 11 is 0. The van der Waals surface area contributed by atoms with Crippen LogP contribution in [0, 0.1) is 5.92 Å². The van der Waals surface area contributed by atoms with Gasteiger partial charge in [0.1, 0.15) is 6.61 Å². The number of carbonyl (C=O) groups excluding carboxylic acids is 2. The van der Waals surface area contributed by atoms with Crippen molar-refractivity contribution in [2.24, 2.45) is 5.92 Å². The summed E-state index contributed by atoms with van der Waals surface area (Å²) in [4.78, 5) is 35.6. The minimum atomic E-state index is -0.810. The number of benzene rings is 2. The Labute approximate surface area is 206 Å². The number of alkyl carbamates (subject to hydrolysis) is 1. The van der Waals surface area contributed by atoms with Gasteiger partial charge >= 0.3 is 12.1 Å². The number of amides is 2. The molecule has 0 heterocycles. The van der Waals surface area contributed by atoms with Crippen LogP contribution in [0.25, 0.3) is 11.1 Å². The van der Waals surface area contributed by atoms with Crippen molar-refractivity contribution in [2.75, 3.05) is 13.2 Å². The topological polar surface area (TPSA) is 105 Å². The highest BCUT2D eigenvalue weighted by atomic mass is 16.5. The Kier molecular flexibility index (Phi) is 8.40. The van der Waals surface area contributed by atoms with Gasteiger partial charge in [-0.3, -0.25) is 9.59 Å². The van der Waals surface area contributed by atoms with Crippen molar-refractivity contribution in [1.82, 2.24) is 10.6 Å². The highest BCUT2D eigenvalue weighted by Crippen LogP contribution is 2.44. The largest absolute Gasteiger partial charge is 0.481 e. The smallest absolute Gasteiger partial charge is 0.407 e. The SMILES string of the molecule is O=C(O)CC1CCCCC1NC(=O)CCCCNC(=O)OCC1c2ccccc2-c2ccccc21. The molecule has 2 aliphatic carbocycles. The van der Waals surface area contributed by atoms with Crippen LogP contribution in [0.4, 0.5) is 4.79 Å². The lowest BCUT2D eigenvalue weighted by atomic mass is 9.82. The third-order valence-corrected chi connectivity index (χ3v) is 7.14. The number of aliphatic carboxylic acids is 1. The molecule has 0 spiro atoms. The summed E-state index contributed by atoms with van der Waals surface area (Å²) in [5, 5.41) is 14.9. The molecular formula is C28H34N2O5. The van der Waals surface area contributed by atoms with E-state index < -0.39 is 12.1 Å². The predicted octanol–water partition coefficient (Wildman–Crippen LogP) is 4.85. The van der Waals surface area contributed by atoms with E-state index in [1.807, 2.05) is 24.3 Å². The molecule has 4 rings (SSSR count). The molecule has 2 aromatic rings. The van der Waals surface area contributed by atoms with Gasteiger partial charge in [-0.25, -0.2) is 4.79 Å². The van der Waals surface area contributed by atoms with Gasteiger partial charge in [0.15, 0.2) is 0 Å². The number of carboxylic acids is 1. The van der Waals surface area contributed by atoms with E-state index in [-0.39, 0.29) is 36.8 Å². The fourth-order valence-corrected chi connectivity index (χ4v) is 5.40. The fraction of sp³-hybridized carbons (Fsp3) is 0.464. The van der Waals surface area contributed by atoms with E-state index in [0.717, 1.165) is 25.7 Å². The van der Waals surface area contributed by atoms with Crippen LogP contribution in [-0.4, -0.2) is 42.3 Å². The molecule has 0 bridgehead atoms. The summed E-state index contributed by atoms with van der Waals surface area (Å²) in [6.45, 7) is 0.718. The van der Waals surface area contributed by atoms with Gasteiger partial charge in [-0.05, 0) is 53.9 Å². The van der Waals surface area contributed by atoms with Gasteiger partial charge in [-0.2, -0.15) is 0 Å². The van der Waals surface area contributed by atoms with Crippen LogP contribution in [0.15, 0.2) is 48.5 Å². The number of carbonyl (C=O) groups is 3. The van der Waals surface area contributed by atoms with Gasteiger partial charge in [0.05, 0.1) is 6.42 Å². The maximum absolute atomic E-state index is 12.3. The number of fused-ring (bicyclic) bond motifs is 3. The molecule has 1 saturated carbocycles. The van der Waals surface area contributed by atoms with Crippen molar-refractivity contribution in [1.29, 1.82) is 0 Å². The predicted molar refractivity (Wildman–Crippen MR) is 133 cm³/mol. The van der Waals surface area contributed by atoms with Gasteiger partial charge < -0.3 is 20.5 Å². The van der Waals surface area contributed by atoms with Gasteiger partial charge in [0.25, 0.3) is 0 Å². The van der Waals surface area contributed by atoms with Crippen LogP contribution < -0.4 is 10.6 Å². The van der Waals surface area contributed by atoms with E-state index >= 15 is 0 Å². The number of rotatable bonds is 10.